The number of likely N-dealkylation sites (tertiary alicyclic amines) is 1. The summed E-state index contributed by atoms with van der Waals surface area (Å²) in [6.07, 6.45) is 2.58. The van der Waals surface area contributed by atoms with E-state index in [0.29, 0.717) is 29.9 Å². The molecule has 0 aliphatic carbocycles. The highest BCUT2D eigenvalue weighted by Crippen LogP contribution is 2.28. The smallest absolute Gasteiger partial charge is 0.254 e. The van der Waals surface area contributed by atoms with Crippen LogP contribution in [0.4, 0.5) is 0 Å². The standard InChI is InChI=1S/C26H27N5O5S/c32-23-11-12-25(33)29(17-23)15-21-16-31(28-27-21)22-9-7-20(8-10-22)26(34)30-13-4-14-37(35,36)18-24(30)19-5-2-1-3-6-19/h1-3,5-10,16,24H,4,11-15,17-18H2. The predicted octanol–water partition coefficient (Wildman–Crippen LogP) is 1.96. The van der Waals surface area contributed by atoms with E-state index in [1.807, 2.05) is 30.3 Å². The molecular weight excluding hydrogens is 494 g/mol. The summed E-state index contributed by atoms with van der Waals surface area (Å²) >= 11 is 0. The summed E-state index contributed by atoms with van der Waals surface area (Å²) in [5.74, 6) is -0.320. The van der Waals surface area contributed by atoms with Crippen LogP contribution in [0.2, 0.25) is 0 Å². The van der Waals surface area contributed by atoms with Crippen molar-refractivity contribution in [2.24, 2.45) is 0 Å². The molecule has 2 aromatic carbocycles. The Morgan fingerprint density at radius 2 is 1.76 bits per heavy atom. The molecule has 192 valence electrons. The highest BCUT2D eigenvalue weighted by Gasteiger charge is 2.33. The first-order valence-corrected chi connectivity index (χ1v) is 14.0. The fourth-order valence-electron chi connectivity index (χ4n) is 4.76. The van der Waals surface area contributed by atoms with Gasteiger partial charge in [0, 0.05) is 24.9 Å². The number of amides is 2. The molecule has 1 unspecified atom stereocenters. The van der Waals surface area contributed by atoms with Crippen LogP contribution in [0.1, 0.15) is 46.9 Å². The summed E-state index contributed by atoms with van der Waals surface area (Å²) in [7, 11) is -3.28. The highest BCUT2D eigenvalue weighted by molar-refractivity contribution is 7.91. The number of nitrogens with zero attached hydrogens (tertiary/aromatic N) is 5. The number of hydrogen-bond acceptors (Lipinski definition) is 7. The van der Waals surface area contributed by atoms with E-state index in [2.05, 4.69) is 10.3 Å². The maximum absolute atomic E-state index is 13.5. The number of carbonyl (C=O) groups is 3. The van der Waals surface area contributed by atoms with Gasteiger partial charge in [0.2, 0.25) is 5.91 Å². The van der Waals surface area contributed by atoms with Crippen LogP contribution in [-0.4, -0.2) is 75.4 Å². The number of piperidine rings is 1. The fraction of sp³-hybridized carbons (Fsp3) is 0.346. The van der Waals surface area contributed by atoms with Crippen LogP contribution in [0.5, 0.6) is 0 Å². The second-order valence-corrected chi connectivity index (χ2v) is 11.6. The van der Waals surface area contributed by atoms with E-state index in [1.165, 1.54) is 4.90 Å². The van der Waals surface area contributed by atoms with Gasteiger partial charge in [-0.05, 0) is 36.2 Å². The molecule has 2 aliphatic heterocycles. The number of hydrogen-bond donors (Lipinski definition) is 0. The average Bonchev–Trinajstić information content (AvgIpc) is 3.29. The number of carbonyl (C=O) groups excluding carboxylic acids is 3. The molecule has 37 heavy (non-hydrogen) atoms. The van der Waals surface area contributed by atoms with Gasteiger partial charge in [0.1, 0.15) is 5.69 Å². The third kappa shape index (κ3) is 5.61. The lowest BCUT2D eigenvalue weighted by Gasteiger charge is -2.30. The van der Waals surface area contributed by atoms with Gasteiger partial charge in [-0.2, -0.15) is 0 Å². The maximum Gasteiger partial charge on any atom is 0.254 e. The third-order valence-corrected chi connectivity index (χ3v) is 8.43. The van der Waals surface area contributed by atoms with Gasteiger partial charge in [-0.15, -0.1) is 5.10 Å². The molecular formula is C26H27N5O5S. The van der Waals surface area contributed by atoms with Gasteiger partial charge in [-0.1, -0.05) is 35.5 Å². The molecule has 1 aromatic heterocycles. The zero-order valence-corrected chi connectivity index (χ0v) is 21.0. The molecule has 1 atom stereocenters. The van der Waals surface area contributed by atoms with Gasteiger partial charge in [0.05, 0.1) is 42.5 Å². The zero-order valence-electron chi connectivity index (χ0n) is 20.2. The molecule has 11 heteroatoms. The SMILES string of the molecule is O=C1CCC(=O)N(Cc2cn(-c3ccc(C(=O)N4CCCS(=O)(=O)CC4c4ccccc4)cc3)nn2)C1. The van der Waals surface area contributed by atoms with Crippen molar-refractivity contribution in [3.8, 4) is 5.69 Å². The van der Waals surface area contributed by atoms with Crippen LogP contribution >= 0.6 is 0 Å². The van der Waals surface area contributed by atoms with E-state index in [1.54, 1.807) is 40.0 Å². The number of benzene rings is 2. The van der Waals surface area contributed by atoms with Crippen molar-refractivity contribution in [2.45, 2.75) is 31.8 Å². The molecule has 2 amide bonds. The first kappa shape index (κ1) is 24.8. The van der Waals surface area contributed by atoms with Crippen molar-refractivity contribution in [3.63, 3.8) is 0 Å². The van der Waals surface area contributed by atoms with Crippen molar-refractivity contribution in [2.75, 3.05) is 24.6 Å². The first-order valence-electron chi connectivity index (χ1n) is 12.2. The molecule has 2 aliphatic rings. The second kappa shape index (κ2) is 10.3. The highest BCUT2D eigenvalue weighted by atomic mass is 32.2. The lowest BCUT2D eigenvalue weighted by atomic mass is 10.0. The van der Waals surface area contributed by atoms with E-state index < -0.39 is 15.9 Å². The quantitative estimate of drug-likeness (QED) is 0.503. The minimum Gasteiger partial charge on any atom is -0.331 e. The van der Waals surface area contributed by atoms with Gasteiger partial charge in [-0.3, -0.25) is 14.4 Å². The van der Waals surface area contributed by atoms with Crippen molar-refractivity contribution in [3.05, 3.63) is 77.6 Å². The number of Topliss-reactive ketones (excluding diaryl/α,β-unsaturated/α-hetero) is 1. The third-order valence-electron chi connectivity index (χ3n) is 6.70. The molecule has 0 bridgehead atoms. The van der Waals surface area contributed by atoms with Crippen molar-refractivity contribution in [1.29, 1.82) is 0 Å². The van der Waals surface area contributed by atoms with Gasteiger partial charge >= 0.3 is 0 Å². The average molecular weight is 522 g/mol. The Kier molecular flexibility index (Phi) is 6.88. The lowest BCUT2D eigenvalue weighted by Crippen LogP contribution is -2.39. The molecule has 2 fully saturated rings. The summed E-state index contributed by atoms with van der Waals surface area (Å²) in [6.45, 7) is 0.647. The Morgan fingerprint density at radius 3 is 2.51 bits per heavy atom. The normalized spacial score (nSPS) is 20.1. The van der Waals surface area contributed by atoms with Crippen LogP contribution in [0, 0.1) is 0 Å². The zero-order chi connectivity index (χ0) is 26.0. The maximum atomic E-state index is 13.5. The summed E-state index contributed by atoms with van der Waals surface area (Å²) < 4.78 is 26.6. The van der Waals surface area contributed by atoms with Crippen LogP contribution in [0.15, 0.2) is 60.8 Å². The van der Waals surface area contributed by atoms with Crippen LogP contribution in [-0.2, 0) is 26.0 Å². The van der Waals surface area contributed by atoms with E-state index >= 15 is 0 Å². The summed E-state index contributed by atoms with van der Waals surface area (Å²) in [5.41, 5.74) is 2.47. The van der Waals surface area contributed by atoms with Crippen molar-refractivity contribution < 1.29 is 22.8 Å². The van der Waals surface area contributed by atoms with Crippen LogP contribution < -0.4 is 0 Å². The number of sulfone groups is 1. The molecule has 5 rings (SSSR count). The van der Waals surface area contributed by atoms with Gasteiger partial charge in [0.25, 0.3) is 5.91 Å². The monoisotopic (exact) mass is 521 g/mol. The molecule has 0 N–H and O–H groups in total. The second-order valence-electron chi connectivity index (χ2n) is 9.38. The van der Waals surface area contributed by atoms with Gasteiger partial charge < -0.3 is 9.80 Å². The molecule has 0 spiro atoms. The largest absolute Gasteiger partial charge is 0.331 e. The molecule has 3 heterocycles. The number of ketones is 1. The summed E-state index contributed by atoms with van der Waals surface area (Å²) in [6, 6.07) is 15.6. The van der Waals surface area contributed by atoms with E-state index in [-0.39, 0.29) is 55.0 Å². The van der Waals surface area contributed by atoms with Gasteiger partial charge in [-0.25, -0.2) is 13.1 Å². The fourth-order valence-corrected chi connectivity index (χ4v) is 6.35. The molecule has 10 nitrogen and oxygen atoms in total. The minimum absolute atomic E-state index is 0.0313. The molecule has 3 aromatic rings. The van der Waals surface area contributed by atoms with Crippen molar-refractivity contribution in [1.82, 2.24) is 24.8 Å². The molecule has 0 saturated carbocycles. The van der Waals surface area contributed by atoms with E-state index in [9.17, 15) is 22.8 Å². The van der Waals surface area contributed by atoms with E-state index in [4.69, 9.17) is 0 Å². The lowest BCUT2D eigenvalue weighted by molar-refractivity contribution is -0.140. The Bertz CT molecular complexity index is 1420. The number of aromatic nitrogens is 3. The molecule has 2 saturated heterocycles. The Labute approximate surface area is 214 Å². The Hall–Kier alpha value is -3.86. The van der Waals surface area contributed by atoms with Crippen LogP contribution in [0.3, 0.4) is 0 Å². The first-order chi connectivity index (χ1) is 17.8. The van der Waals surface area contributed by atoms with Crippen LogP contribution in [0.25, 0.3) is 5.69 Å². The summed E-state index contributed by atoms with van der Waals surface area (Å²) in [4.78, 5) is 40.4. The van der Waals surface area contributed by atoms with Crippen molar-refractivity contribution >= 4 is 27.4 Å². The van der Waals surface area contributed by atoms with E-state index in [0.717, 1.165) is 5.56 Å². The summed E-state index contributed by atoms with van der Waals surface area (Å²) in [5, 5.41) is 8.24. The molecule has 0 radical (unpaired) electrons. The number of rotatable bonds is 5. The Morgan fingerprint density at radius 1 is 1.00 bits per heavy atom. The Balaban J connectivity index is 1.33. The predicted molar refractivity (Wildman–Crippen MR) is 135 cm³/mol. The minimum atomic E-state index is -3.28. The van der Waals surface area contributed by atoms with Gasteiger partial charge in [0.15, 0.2) is 15.6 Å². The topological polar surface area (TPSA) is 123 Å².